The molecule has 7 N–H and O–H groups in total. The first-order chi connectivity index (χ1) is 14.5. The number of carbonyl (C=O) groups excluding carboxylic acids is 2. The summed E-state index contributed by atoms with van der Waals surface area (Å²) < 4.78 is 0. The van der Waals surface area contributed by atoms with Gasteiger partial charge in [-0.15, -0.1) is 6.42 Å². The summed E-state index contributed by atoms with van der Waals surface area (Å²) in [6, 6.07) is 7.15. The van der Waals surface area contributed by atoms with Crippen molar-refractivity contribution in [2.75, 3.05) is 13.6 Å². The Hall–Kier alpha value is -2.28. The van der Waals surface area contributed by atoms with E-state index in [9.17, 15) is 19.8 Å². The van der Waals surface area contributed by atoms with Crippen LogP contribution < -0.4 is 17.0 Å². The second kappa shape index (κ2) is 13.9. The van der Waals surface area contributed by atoms with E-state index in [-0.39, 0.29) is 23.9 Å². The first kappa shape index (κ1) is 28.7. The van der Waals surface area contributed by atoms with Gasteiger partial charge in [0.15, 0.2) is 0 Å². The van der Waals surface area contributed by atoms with Crippen LogP contribution in [0.25, 0.3) is 0 Å². The highest BCUT2D eigenvalue weighted by molar-refractivity contribution is 5.81. The van der Waals surface area contributed by atoms with E-state index in [0.29, 0.717) is 12.8 Å². The Kier molecular flexibility index (Phi) is 12.9. The molecule has 0 aromatic heterocycles. The number of hydrogen-bond acceptors (Lipinski definition) is 7. The molecule has 1 saturated heterocycles. The van der Waals surface area contributed by atoms with Crippen molar-refractivity contribution in [1.29, 1.82) is 0 Å². The monoisotopic (exact) mass is 434 g/mol. The molecule has 1 aliphatic heterocycles. The Morgan fingerprint density at radius 1 is 1.35 bits per heavy atom. The Bertz CT molecular complexity index is 708. The highest BCUT2D eigenvalue weighted by atomic mass is 16.3. The van der Waals surface area contributed by atoms with Gasteiger partial charge in [-0.3, -0.25) is 16.5 Å². The molecule has 1 aromatic carbocycles. The van der Waals surface area contributed by atoms with E-state index in [2.05, 4.69) is 22.9 Å². The Morgan fingerprint density at radius 2 is 1.90 bits per heavy atom. The molecule has 8 nitrogen and oxygen atoms in total. The van der Waals surface area contributed by atoms with E-state index in [1.165, 1.54) is 4.90 Å². The lowest BCUT2D eigenvalue weighted by atomic mass is 9.91. The number of hydrazine groups is 1. The molecule has 0 spiro atoms. The molecule has 174 valence electrons. The van der Waals surface area contributed by atoms with Crippen LogP contribution in [-0.4, -0.2) is 59.1 Å². The fraction of sp³-hybridized carbons (Fsp3) is 0.565. The summed E-state index contributed by atoms with van der Waals surface area (Å²) in [5.41, 5.74) is 1.81. The third-order valence-corrected chi connectivity index (χ3v) is 4.71. The van der Waals surface area contributed by atoms with Crippen LogP contribution >= 0.6 is 0 Å². The number of amides is 1. The number of likely N-dealkylation sites (tertiary alicyclic amines) is 1. The van der Waals surface area contributed by atoms with Crippen molar-refractivity contribution < 1.29 is 19.8 Å². The zero-order chi connectivity index (χ0) is 24.2. The number of aldehydes is 1. The molecule has 0 aliphatic carbocycles. The molecule has 31 heavy (non-hydrogen) atoms. The van der Waals surface area contributed by atoms with E-state index < -0.39 is 18.2 Å². The number of likely N-dealkylation sites (N-methyl/N-ethyl adjacent to an activating group) is 1. The van der Waals surface area contributed by atoms with E-state index in [0.717, 1.165) is 17.4 Å². The van der Waals surface area contributed by atoms with Crippen LogP contribution in [0, 0.1) is 17.8 Å². The lowest BCUT2D eigenvalue weighted by Gasteiger charge is -2.25. The zero-order valence-corrected chi connectivity index (χ0v) is 19.2. The Morgan fingerprint density at radius 3 is 2.29 bits per heavy atom. The van der Waals surface area contributed by atoms with Crippen molar-refractivity contribution in [3.63, 3.8) is 0 Å². The van der Waals surface area contributed by atoms with Gasteiger partial charge in [-0.25, -0.2) is 0 Å². The highest BCUT2D eigenvalue weighted by Crippen LogP contribution is 2.24. The molecule has 8 heteroatoms. The number of β-amino-alcohol motifs (C(OH)–C–C–N with tert-alkyl or cyclic N) is 1. The fourth-order valence-electron chi connectivity index (χ4n) is 3.29. The zero-order valence-electron chi connectivity index (χ0n) is 19.2. The van der Waals surface area contributed by atoms with Crippen LogP contribution in [0.2, 0.25) is 0 Å². The first-order valence-electron chi connectivity index (χ1n) is 10.2. The maximum atomic E-state index is 11.8. The molecule has 1 fully saturated rings. The third kappa shape index (κ3) is 10.0. The van der Waals surface area contributed by atoms with Crippen LogP contribution in [0.5, 0.6) is 0 Å². The molecule has 0 radical (unpaired) electrons. The van der Waals surface area contributed by atoms with Gasteiger partial charge in [-0.2, -0.15) is 0 Å². The standard InChI is InChI=1S/C12H15NO.C11H19NO3.H4N2/c1-4-10-5-7-11(8-6-10)12(13-3)9(2)14;1-11(2,3)5-10(15)12-6-9(14)4-8(12)7-13;1-2/h1,5-9,12-14H,2-3H3;7-9,14H,4-6H2,1-3H3;1-2H2/t9-,12?;8-,9?;/m10./s1. The molecule has 4 atom stereocenters. The predicted octanol–water partition coefficient (Wildman–Crippen LogP) is 0.711. The van der Waals surface area contributed by atoms with Gasteiger partial charge in [-0.05, 0) is 37.1 Å². The van der Waals surface area contributed by atoms with Gasteiger partial charge < -0.3 is 25.2 Å². The van der Waals surface area contributed by atoms with Gasteiger partial charge in [0.05, 0.1) is 24.3 Å². The summed E-state index contributed by atoms with van der Waals surface area (Å²) in [4.78, 5) is 24.0. The number of nitrogens with one attached hydrogen (secondary N) is 1. The van der Waals surface area contributed by atoms with Crippen molar-refractivity contribution >= 4 is 12.2 Å². The lowest BCUT2D eigenvalue weighted by Crippen LogP contribution is -2.38. The van der Waals surface area contributed by atoms with Crippen molar-refractivity contribution in [3.05, 3.63) is 35.4 Å². The highest BCUT2D eigenvalue weighted by Gasteiger charge is 2.35. The van der Waals surface area contributed by atoms with Gasteiger partial charge in [0.1, 0.15) is 6.29 Å². The topological polar surface area (TPSA) is 142 Å². The van der Waals surface area contributed by atoms with Crippen molar-refractivity contribution in [2.45, 2.75) is 64.8 Å². The molecule has 1 amide bonds. The minimum Gasteiger partial charge on any atom is -0.391 e. The van der Waals surface area contributed by atoms with Crippen LogP contribution in [0.4, 0.5) is 0 Å². The number of terminal acetylenes is 1. The van der Waals surface area contributed by atoms with E-state index >= 15 is 0 Å². The molecule has 2 unspecified atom stereocenters. The van der Waals surface area contributed by atoms with Crippen LogP contribution in [0.1, 0.15) is 57.7 Å². The number of benzene rings is 1. The minimum absolute atomic E-state index is 0.0400. The number of aliphatic hydroxyl groups is 2. The molecule has 1 heterocycles. The van der Waals surface area contributed by atoms with Crippen molar-refractivity contribution in [3.8, 4) is 12.3 Å². The molecule has 0 bridgehead atoms. The van der Waals surface area contributed by atoms with Gasteiger partial charge in [0, 0.05) is 24.9 Å². The number of carbonyl (C=O) groups is 2. The fourth-order valence-corrected chi connectivity index (χ4v) is 3.29. The minimum atomic E-state index is -0.552. The maximum absolute atomic E-state index is 11.8. The van der Waals surface area contributed by atoms with E-state index in [4.69, 9.17) is 6.42 Å². The second-order valence-corrected chi connectivity index (χ2v) is 8.65. The molecule has 1 aromatic rings. The quantitative estimate of drug-likeness (QED) is 0.199. The largest absolute Gasteiger partial charge is 0.391 e. The number of aliphatic hydroxyl groups excluding tert-OH is 2. The summed E-state index contributed by atoms with van der Waals surface area (Å²) in [5, 5.41) is 21.9. The molecular formula is C23H38N4O4. The summed E-state index contributed by atoms with van der Waals surface area (Å²) in [6.07, 6.45) is 5.81. The smallest absolute Gasteiger partial charge is 0.223 e. The van der Waals surface area contributed by atoms with Gasteiger partial charge in [0.25, 0.3) is 0 Å². The molecule has 0 saturated carbocycles. The average Bonchev–Trinajstić information content (AvgIpc) is 3.11. The summed E-state index contributed by atoms with van der Waals surface area (Å²) in [6.45, 7) is 7.99. The number of nitrogens with zero attached hydrogens (tertiary/aromatic N) is 1. The van der Waals surface area contributed by atoms with Crippen LogP contribution in [0.15, 0.2) is 24.3 Å². The van der Waals surface area contributed by atoms with Gasteiger partial charge in [-0.1, -0.05) is 38.8 Å². The van der Waals surface area contributed by atoms with Crippen molar-refractivity contribution in [2.24, 2.45) is 17.1 Å². The normalized spacial score (nSPS) is 19.7. The maximum Gasteiger partial charge on any atom is 0.223 e. The third-order valence-electron chi connectivity index (χ3n) is 4.71. The Labute approximate surface area is 186 Å². The van der Waals surface area contributed by atoms with Crippen molar-refractivity contribution in [1.82, 2.24) is 10.2 Å². The van der Waals surface area contributed by atoms with Gasteiger partial charge in [0.2, 0.25) is 5.91 Å². The second-order valence-electron chi connectivity index (χ2n) is 8.65. The molecular weight excluding hydrogens is 396 g/mol. The summed E-state index contributed by atoms with van der Waals surface area (Å²) in [5.74, 6) is 10.5. The number of rotatable bonds is 5. The lowest BCUT2D eigenvalue weighted by molar-refractivity contribution is -0.136. The van der Waals surface area contributed by atoms with Crippen LogP contribution in [-0.2, 0) is 9.59 Å². The van der Waals surface area contributed by atoms with Gasteiger partial charge >= 0.3 is 0 Å². The summed E-state index contributed by atoms with van der Waals surface area (Å²) >= 11 is 0. The van der Waals surface area contributed by atoms with Crippen LogP contribution in [0.3, 0.4) is 0 Å². The first-order valence-corrected chi connectivity index (χ1v) is 10.2. The SMILES string of the molecule is C#Cc1ccc(C(NC)[C@@H](C)O)cc1.CC(C)(C)CC(=O)N1CC(O)C[C@H]1C=O.NN. The van der Waals surface area contributed by atoms with E-state index in [1.807, 2.05) is 52.1 Å². The predicted molar refractivity (Wildman–Crippen MR) is 122 cm³/mol. The van der Waals surface area contributed by atoms with E-state index in [1.54, 1.807) is 6.92 Å². The Balaban J connectivity index is 0.000000539. The summed E-state index contributed by atoms with van der Waals surface area (Å²) in [7, 11) is 1.83. The number of hydrogen-bond donors (Lipinski definition) is 5. The molecule has 1 aliphatic rings. The average molecular weight is 435 g/mol. The molecule has 2 rings (SSSR count). The number of nitrogens with two attached hydrogens (primary N) is 2.